The van der Waals surface area contributed by atoms with E-state index in [1.54, 1.807) is 27.6 Å². The summed E-state index contributed by atoms with van der Waals surface area (Å²) in [4.78, 5) is 16.5. The van der Waals surface area contributed by atoms with Crippen LogP contribution < -0.4 is 0 Å². The summed E-state index contributed by atoms with van der Waals surface area (Å²) in [5, 5.41) is 3.23. The number of thiophene rings is 2. The van der Waals surface area contributed by atoms with Gasteiger partial charge >= 0.3 is 0 Å². The van der Waals surface area contributed by atoms with Crippen LogP contribution in [0, 0.1) is 6.92 Å². The Balaban J connectivity index is 1.90. The first kappa shape index (κ1) is 13.3. The van der Waals surface area contributed by atoms with E-state index in [0.717, 1.165) is 10.4 Å². The summed E-state index contributed by atoms with van der Waals surface area (Å²) >= 11 is 3.27. The number of hydrogen-bond acceptors (Lipinski definition) is 3. The molecule has 0 spiro atoms. The summed E-state index contributed by atoms with van der Waals surface area (Å²) in [5.41, 5.74) is 1.09. The van der Waals surface area contributed by atoms with Gasteiger partial charge in [-0.1, -0.05) is 24.3 Å². The Morgan fingerprint density at radius 2 is 2.00 bits per heavy atom. The number of amides is 1. The standard InChI is InChI=1S/C16H15NOS2/c1-11-13-7-3-4-8-14(13)20-15(11)16(18)17(2)10-12-6-5-9-19-12/h3-9H,10H2,1-2H3. The monoisotopic (exact) mass is 301 g/mol. The average molecular weight is 301 g/mol. The maximum absolute atomic E-state index is 12.6. The van der Waals surface area contributed by atoms with E-state index in [1.807, 2.05) is 37.6 Å². The second-order valence-corrected chi connectivity index (χ2v) is 6.88. The normalized spacial score (nSPS) is 10.9. The van der Waals surface area contributed by atoms with Gasteiger partial charge in [0.25, 0.3) is 5.91 Å². The van der Waals surface area contributed by atoms with Crippen LogP contribution in [0.4, 0.5) is 0 Å². The molecule has 0 bridgehead atoms. The van der Waals surface area contributed by atoms with Crippen molar-refractivity contribution in [3.05, 3.63) is 57.1 Å². The first-order valence-corrected chi connectivity index (χ1v) is 8.12. The Labute approximate surface area is 126 Å². The van der Waals surface area contributed by atoms with Gasteiger partial charge < -0.3 is 4.90 Å². The summed E-state index contributed by atoms with van der Waals surface area (Å²) in [6.07, 6.45) is 0. The first-order chi connectivity index (χ1) is 9.66. The smallest absolute Gasteiger partial charge is 0.264 e. The molecule has 2 heterocycles. The molecule has 0 aliphatic rings. The van der Waals surface area contributed by atoms with Gasteiger partial charge in [-0.3, -0.25) is 4.79 Å². The Morgan fingerprint density at radius 1 is 1.20 bits per heavy atom. The highest BCUT2D eigenvalue weighted by Gasteiger charge is 2.19. The van der Waals surface area contributed by atoms with E-state index >= 15 is 0 Å². The van der Waals surface area contributed by atoms with Crippen molar-refractivity contribution >= 4 is 38.7 Å². The predicted octanol–water partition coefficient (Wildman–Crippen LogP) is 4.54. The van der Waals surface area contributed by atoms with Crippen LogP contribution in [0.5, 0.6) is 0 Å². The number of carbonyl (C=O) groups is 1. The van der Waals surface area contributed by atoms with Crippen molar-refractivity contribution in [1.29, 1.82) is 0 Å². The number of benzene rings is 1. The van der Waals surface area contributed by atoms with Gasteiger partial charge in [0.05, 0.1) is 11.4 Å². The molecular weight excluding hydrogens is 286 g/mol. The Hall–Kier alpha value is -1.65. The molecule has 0 unspecified atom stereocenters. The van der Waals surface area contributed by atoms with Gasteiger partial charge in [-0.25, -0.2) is 0 Å². The van der Waals surface area contributed by atoms with Gasteiger partial charge in [-0.15, -0.1) is 22.7 Å². The molecule has 2 nitrogen and oxygen atoms in total. The molecule has 1 amide bonds. The van der Waals surface area contributed by atoms with E-state index in [-0.39, 0.29) is 5.91 Å². The number of nitrogens with zero attached hydrogens (tertiary/aromatic N) is 1. The minimum atomic E-state index is 0.108. The molecule has 0 radical (unpaired) electrons. The predicted molar refractivity (Wildman–Crippen MR) is 86.7 cm³/mol. The number of rotatable bonds is 3. The molecule has 0 atom stereocenters. The average Bonchev–Trinajstić information content (AvgIpc) is 3.07. The van der Waals surface area contributed by atoms with Crippen molar-refractivity contribution in [2.75, 3.05) is 7.05 Å². The van der Waals surface area contributed by atoms with E-state index < -0.39 is 0 Å². The SMILES string of the molecule is Cc1c(C(=O)N(C)Cc2cccs2)sc2ccccc12. The molecule has 3 rings (SSSR count). The lowest BCUT2D eigenvalue weighted by Gasteiger charge is -2.15. The van der Waals surface area contributed by atoms with Gasteiger partial charge in [-0.2, -0.15) is 0 Å². The maximum Gasteiger partial charge on any atom is 0.264 e. The van der Waals surface area contributed by atoms with Crippen LogP contribution in [-0.2, 0) is 6.54 Å². The van der Waals surface area contributed by atoms with E-state index in [2.05, 4.69) is 18.2 Å². The lowest BCUT2D eigenvalue weighted by atomic mass is 10.1. The molecule has 1 aromatic carbocycles. The molecule has 4 heteroatoms. The Bertz CT molecular complexity index is 743. The molecule has 102 valence electrons. The Morgan fingerprint density at radius 3 is 2.70 bits per heavy atom. The van der Waals surface area contributed by atoms with Crippen LogP contribution in [0.1, 0.15) is 20.1 Å². The highest BCUT2D eigenvalue weighted by atomic mass is 32.1. The first-order valence-electron chi connectivity index (χ1n) is 6.43. The maximum atomic E-state index is 12.6. The zero-order valence-electron chi connectivity index (χ0n) is 11.4. The lowest BCUT2D eigenvalue weighted by molar-refractivity contribution is 0.0790. The zero-order chi connectivity index (χ0) is 14.1. The largest absolute Gasteiger partial charge is 0.336 e. The fourth-order valence-electron chi connectivity index (χ4n) is 2.26. The molecule has 20 heavy (non-hydrogen) atoms. The molecule has 2 aromatic heterocycles. The second kappa shape index (κ2) is 5.38. The highest BCUT2D eigenvalue weighted by Crippen LogP contribution is 2.31. The molecule has 0 aliphatic heterocycles. The number of aryl methyl sites for hydroxylation is 1. The van der Waals surface area contributed by atoms with Crippen molar-refractivity contribution in [3.8, 4) is 0 Å². The number of hydrogen-bond donors (Lipinski definition) is 0. The van der Waals surface area contributed by atoms with Crippen molar-refractivity contribution in [3.63, 3.8) is 0 Å². The van der Waals surface area contributed by atoms with Gasteiger partial charge in [0.15, 0.2) is 0 Å². The molecule has 0 fully saturated rings. The van der Waals surface area contributed by atoms with Gasteiger partial charge in [0.1, 0.15) is 0 Å². The van der Waals surface area contributed by atoms with Crippen LogP contribution in [-0.4, -0.2) is 17.9 Å². The number of carbonyl (C=O) groups excluding carboxylic acids is 1. The van der Waals surface area contributed by atoms with Gasteiger partial charge in [0.2, 0.25) is 0 Å². The van der Waals surface area contributed by atoms with Crippen LogP contribution in [0.25, 0.3) is 10.1 Å². The van der Waals surface area contributed by atoms with Crippen LogP contribution >= 0.6 is 22.7 Å². The summed E-state index contributed by atoms with van der Waals surface area (Å²) in [6, 6.07) is 12.3. The number of fused-ring (bicyclic) bond motifs is 1. The second-order valence-electron chi connectivity index (χ2n) is 4.79. The van der Waals surface area contributed by atoms with E-state index in [1.165, 1.54) is 15.0 Å². The zero-order valence-corrected chi connectivity index (χ0v) is 13.1. The van der Waals surface area contributed by atoms with Gasteiger partial charge in [-0.05, 0) is 35.4 Å². The van der Waals surface area contributed by atoms with E-state index in [4.69, 9.17) is 0 Å². The van der Waals surface area contributed by atoms with Crippen LogP contribution in [0.15, 0.2) is 41.8 Å². The van der Waals surface area contributed by atoms with Crippen molar-refractivity contribution in [2.45, 2.75) is 13.5 Å². The Kier molecular flexibility index (Phi) is 3.59. The molecule has 0 N–H and O–H groups in total. The van der Waals surface area contributed by atoms with Crippen LogP contribution in [0.2, 0.25) is 0 Å². The quantitative estimate of drug-likeness (QED) is 0.695. The minimum Gasteiger partial charge on any atom is -0.336 e. The van der Waals surface area contributed by atoms with Crippen molar-refractivity contribution in [2.24, 2.45) is 0 Å². The lowest BCUT2D eigenvalue weighted by Crippen LogP contribution is -2.25. The molecule has 0 saturated carbocycles. The summed E-state index contributed by atoms with van der Waals surface area (Å²) in [6.45, 7) is 2.70. The fraction of sp³-hybridized carbons (Fsp3) is 0.188. The molecular formula is C16H15NOS2. The van der Waals surface area contributed by atoms with E-state index in [0.29, 0.717) is 6.54 Å². The highest BCUT2D eigenvalue weighted by molar-refractivity contribution is 7.21. The van der Waals surface area contributed by atoms with Crippen molar-refractivity contribution in [1.82, 2.24) is 4.90 Å². The summed E-state index contributed by atoms with van der Waals surface area (Å²) < 4.78 is 1.18. The third-order valence-corrected chi connectivity index (χ3v) is 5.48. The summed E-state index contributed by atoms with van der Waals surface area (Å²) in [5.74, 6) is 0.108. The third kappa shape index (κ3) is 2.37. The third-order valence-electron chi connectivity index (χ3n) is 3.36. The van der Waals surface area contributed by atoms with Crippen LogP contribution in [0.3, 0.4) is 0 Å². The van der Waals surface area contributed by atoms with Crippen molar-refractivity contribution < 1.29 is 4.79 Å². The molecule has 0 saturated heterocycles. The fourth-order valence-corrected chi connectivity index (χ4v) is 4.22. The molecule has 3 aromatic rings. The van der Waals surface area contributed by atoms with Gasteiger partial charge in [0, 0.05) is 16.6 Å². The van der Waals surface area contributed by atoms with E-state index in [9.17, 15) is 4.79 Å². The minimum absolute atomic E-state index is 0.108. The summed E-state index contributed by atoms with van der Waals surface area (Å²) in [7, 11) is 1.87. The molecule has 0 aliphatic carbocycles. The topological polar surface area (TPSA) is 20.3 Å².